The van der Waals surface area contributed by atoms with Gasteiger partial charge >= 0.3 is 0 Å². The zero-order chi connectivity index (χ0) is 14.4. The molecule has 0 amide bonds. The van der Waals surface area contributed by atoms with E-state index >= 15 is 0 Å². The van der Waals surface area contributed by atoms with Crippen LogP contribution in [0.1, 0.15) is 6.42 Å². The van der Waals surface area contributed by atoms with Crippen LogP contribution in [-0.2, 0) is 0 Å². The van der Waals surface area contributed by atoms with Crippen molar-refractivity contribution in [1.82, 2.24) is 4.90 Å². The summed E-state index contributed by atoms with van der Waals surface area (Å²) in [7, 11) is 0. The van der Waals surface area contributed by atoms with E-state index in [9.17, 15) is 0 Å². The fourth-order valence-electron chi connectivity index (χ4n) is 2.74. The highest BCUT2D eigenvalue weighted by Crippen LogP contribution is 2.29. The molecule has 1 atom stereocenters. The molecular weight excluding hydrogens is 306 g/mol. The maximum atomic E-state index is 6.06. The van der Waals surface area contributed by atoms with Crippen molar-refractivity contribution in [3.63, 3.8) is 0 Å². The minimum atomic E-state index is -0.0176. The minimum absolute atomic E-state index is 0.0176. The third kappa shape index (κ3) is 2.06. The maximum absolute atomic E-state index is 6.06. The fraction of sp³-hybridized carbons (Fsp3) is 0.286. The molecule has 3 aliphatic heterocycles. The van der Waals surface area contributed by atoms with Gasteiger partial charge < -0.3 is 4.90 Å². The Hall–Kier alpha value is -1.79. The zero-order valence-corrected chi connectivity index (χ0v) is 12.7. The van der Waals surface area contributed by atoms with E-state index in [2.05, 4.69) is 15.1 Å². The van der Waals surface area contributed by atoms with E-state index in [1.54, 1.807) is 5.01 Å². The Kier molecular flexibility index (Phi) is 3.01. The number of hydrazone groups is 1. The van der Waals surface area contributed by atoms with E-state index in [1.807, 2.05) is 35.4 Å². The summed E-state index contributed by atoms with van der Waals surface area (Å²) in [5, 5.41) is 7.49. The topological polar surface area (TPSA) is 43.6 Å². The van der Waals surface area contributed by atoms with Gasteiger partial charge in [0, 0.05) is 24.3 Å². The monoisotopic (exact) mass is 317 g/mol. The van der Waals surface area contributed by atoms with Crippen LogP contribution in [0.4, 0.5) is 5.69 Å². The van der Waals surface area contributed by atoms with Crippen molar-refractivity contribution in [2.75, 3.05) is 18.1 Å². The van der Waals surface area contributed by atoms with Crippen LogP contribution in [0, 0.1) is 5.92 Å². The lowest BCUT2D eigenvalue weighted by molar-refractivity contribution is 0.534. The lowest BCUT2D eigenvalue weighted by Gasteiger charge is -2.34. The molecule has 3 heterocycles. The fourth-order valence-corrected chi connectivity index (χ4v) is 3.20. The van der Waals surface area contributed by atoms with Gasteiger partial charge in [-0.2, -0.15) is 5.10 Å². The van der Waals surface area contributed by atoms with Crippen molar-refractivity contribution in [2.45, 2.75) is 6.42 Å². The van der Waals surface area contributed by atoms with Gasteiger partial charge in [0.1, 0.15) is 17.6 Å². The summed E-state index contributed by atoms with van der Waals surface area (Å²) >= 11 is 11.5. The molecule has 106 valence electrons. The van der Waals surface area contributed by atoms with E-state index in [0.29, 0.717) is 10.1 Å². The third-order valence-corrected chi connectivity index (χ3v) is 4.24. The number of aliphatic imine (C=N–C) groups is 2. The Labute approximate surface area is 132 Å². The highest BCUT2D eigenvalue weighted by Gasteiger charge is 2.40. The number of benzene rings is 1. The lowest BCUT2D eigenvalue weighted by atomic mass is 10.0. The van der Waals surface area contributed by atoms with Crippen molar-refractivity contribution in [3.05, 3.63) is 29.3 Å². The average Bonchev–Trinajstić information content (AvgIpc) is 2.91. The molecule has 1 unspecified atom stereocenters. The summed E-state index contributed by atoms with van der Waals surface area (Å²) < 4.78 is 0. The molecule has 0 spiro atoms. The molecule has 0 saturated heterocycles. The first-order chi connectivity index (χ1) is 10.2. The van der Waals surface area contributed by atoms with Crippen LogP contribution in [0.3, 0.4) is 0 Å². The summed E-state index contributed by atoms with van der Waals surface area (Å²) in [6.45, 7) is 1.72. The smallest absolute Gasteiger partial charge is 0.202 e. The maximum Gasteiger partial charge on any atom is 0.202 e. The molecule has 0 radical (unpaired) electrons. The number of thiocarbonyl (C=S) groups is 1. The number of hydrogen-bond acceptors (Lipinski definition) is 4. The lowest BCUT2D eigenvalue weighted by Crippen LogP contribution is -2.50. The molecule has 21 heavy (non-hydrogen) atoms. The van der Waals surface area contributed by atoms with Crippen molar-refractivity contribution in [3.8, 4) is 0 Å². The number of hydrogen-bond donors (Lipinski definition) is 0. The molecule has 1 aromatic carbocycles. The molecule has 5 nitrogen and oxygen atoms in total. The molecular formula is C14H12ClN5S. The number of nitrogens with zero attached hydrogens (tertiary/aromatic N) is 5. The van der Waals surface area contributed by atoms with E-state index in [0.717, 1.165) is 36.9 Å². The second-order valence-corrected chi connectivity index (χ2v) is 5.83. The molecule has 1 aromatic rings. The SMILES string of the molecule is S=C1N=C2C(C=NN2c2cccc(Cl)c2)C2=NCCCN12. The van der Waals surface area contributed by atoms with Crippen molar-refractivity contribution < 1.29 is 0 Å². The van der Waals surface area contributed by atoms with Crippen molar-refractivity contribution in [2.24, 2.45) is 21.0 Å². The molecule has 0 aromatic heterocycles. The van der Waals surface area contributed by atoms with Gasteiger partial charge in [-0.25, -0.2) is 10.0 Å². The highest BCUT2D eigenvalue weighted by molar-refractivity contribution is 7.80. The molecule has 7 heteroatoms. The molecule has 3 aliphatic rings. The molecule has 0 saturated carbocycles. The molecule has 0 fully saturated rings. The second kappa shape index (κ2) is 4.89. The summed E-state index contributed by atoms with van der Waals surface area (Å²) in [4.78, 5) is 11.2. The van der Waals surface area contributed by atoms with Crippen LogP contribution in [-0.4, -0.2) is 41.0 Å². The van der Waals surface area contributed by atoms with Gasteiger partial charge in [0.25, 0.3) is 0 Å². The van der Waals surface area contributed by atoms with Gasteiger partial charge in [0.05, 0.1) is 5.69 Å². The Bertz CT molecular complexity index is 711. The first-order valence-corrected chi connectivity index (χ1v) is 7.57. The number of halogens is 1. The van der Waals surface area contributed by atoms with E-state index in [-0.39, 0.29) is 5.92 Å². The number of fused-ring (bicyclic) bond motifs is 3. The first-order valence-electron chi connectivity index (χ1n) is 6.78. The Morgan fingerprint density at radius 2 is 2.19 bits per heavy atom. The Morgan fingerprint density at radius 3 is 3.05 bits per heavy atom. The standard InChI is InChI=1S/C14H12ClN5S/c15-9-3-1-4-10(7-9)20-13-11(8-17-20)12-16-5-2-6-19(12)14(21)18-13/h1,3-4,7-8,11H,2,5-6H2. The van der Waals surface area contributed by atoms with Gasteiger partial charge in [-0.15, -0.1) is 0 Å². The van der Waals surface area contributed by atoms with Crippen LogP contribution >= 0.6 is 23.8 Å². The van der Waals surface area contributed by atoms with E-state index in [4.69, 9.17) is 23.8 Å². The van der Waals surface area contributed by atoms with Gasteiger partial charge in [0.2, 0.25) is 5.11 Å². The molecule has 0 N–H and O–H groups in total. The zero-order valence-electron chi connectivity index (χ0n) is 11.1. The van der Waals surface area contributed by atoms with Gasteiger partial charge in [0.15, 0.2) is 0 Å². The van der Waals surface area contributed by atoms with E-state index < -0.39 is 0 Å². The normalized spacial score (nSPS) is 23.7. The van der Waals surface area contributed by atoms with Crippen LogP contribution in [0.15, 0.2) is 39.4 Å². The minimum Gasteiger partial charge on any atom is -0.304 e. The second-order valence-electron chi connectivity index (χ2n) is 5.03. The Balaban J connectivity index is 1.76. The van der Waals surface area contributed by atoms with Crippen molar-refractivity contribution >= 4 is 52.5 Å². The number of rotatable bonds is 1. The van der Waals surface area contributed by atoms with Crippen LogP contribution in [0.5, 0.6) is 0 Å². The predicted molar refractivity (Wildman–Crippen MR) is 89.6 cm³/mol. The molecule has 0 aliphatic carbocycles. The van der Waals surface area contributed by atoms with E-state index in [1.165, 1.54) is 0 Å². The van der Waals surface area contributed by atoms with Crippen LogP contribution < -0.4 is 5.01 Å². The first kappa shape index (κ1) is 12.9. The van der Waals surface area contributed by atoms with Gasteiger partial charge in [-0.05, 0) is 36.8 Å². The quantitative estimate of drug-likeness (QED) is 0.748. The van der Waals surface area contributed by atoms with Gasteiger partial charge in [-0.3, -0.25) is 4.99 Å². The summed E-state index contributed by atoms with van der Waals surface area (Å²) in [5.41, 5.74) is 0.882. The molecule has 0 bridgehead atoms. The number of anilines is 1. The van der Waals surface area contributed by atoms with Crippen LogP contribution in [0.25, 0.3) is 0 Å². The Morgan fingerprint density at radius 1 is 1.29 bits per heavy atom. The average molecular weight is 318 g/mol. The van der Waals surface area contributed by atoms with Gasteiger partial charge in [-0.1, -0.05) is 17.7 Å². The summed E-state index contributed by atoms with van der Waals surface area (Å²) in [6, 6.07) is 7.55. The highest BCUT2D eigenvalue weighted by atomic mass is 35.5. The number of amidine groups is 2. The summed E-state index contributed by atoms with van der Waals surface area (Å²) in [5.74, 6) is 1.75. The van der Waals surface area contributed by atoms with Crippen molar-refractivity contribution in [1.29, 1.82) is 0 Å². The summed E-state index contributed by atoms with van der Waals surface area (Å²) in [6.07, 6.45) is 2.88. The molecule has 4 rings (SSSR count). The van der Waals surface area contributed by atoms with Crippen LogP contribution in [0.2, 0.25) is 5.02 Å². The largest absolute Gasteiger partial charge is 0.304 e. The predicted octanol–water partition coefficient (Wildman–Crippen LogP) is 2.56. The third-order valence-electron chi connectivity index (χ3n) is 3.69.